The van der Waals surface area contributed by atoms with Crippen LogP contribution in [0.5, 0.6) is 0 Å². The molecule has 0 saturated carbocycles. The number of nitrogens with zero attached hydrogens (tertiary/aromatic N) is 2. The van der Waals surface area contributed by atoms with Gasteiger partial charge in [-0.05, 0) is 85.0 Å². The highest BCUT2D eigenvalue weighted by Gasteiger charge is 2.52. The molecule has 0 spiro atoms. The summed E-state index contributed by atoms with van der Waals surface area (Å²) in [5.74, 6) is -2.29. The predicted molar refractivity (Wildman–Crippen MR) is 206 cm³/mol. The minimum Gasteiger partial charge on any atom is -0.459 e. The number of carbonyl (C=O) groups is 1. The van der Waals surface area contributed by atoms with Gasteiger partial charge < -0.3 is 43.9 Å². The number of hydrogen-bond donors (Lipinski definition) is 3. The average molecular weight is 745 g/mol. The summed E-state index contributed by atoms with van der Waals surface area (Å²) in [6.45, 7) is 20.8. The van der Waals surface area contributed by atoms with E-state index in [1.165, 1.54) is 0 Å². The maximum Gasteiger partial charge on any atom is 0.311 e. The van der Waals surface area contributed by atoms with Crippen LogP contribution in [0.1, 0.15) is 80.2 Å². The largest absolute Gasteiger partial charge is 0.459 e. The summed E-state index contributed by atoms with van der Waals surface area (Å²) in [5.41, 5.74) is -0.918. The maximum absolute atomic E-state index is 13.9. The Morgan fingerprint density at radius 1 is 1.06 bits per heavy atom. The van der Waals surface area contributed by atoms with Crippen LogP contribution < -0.4 is 0 Å². The van der Waals surface area contributed by atoms with Gasteiger partial charge in [-0.25, -0.2) is 0 Å². The van der Waals surface area contributed by atoms with Gasteiger partial charge in [0.2, 0.25) is 0 Å². The van der Waals surface area contributed by atoms with E-state index in [0.29, 0.717) is 37.9 Å². The van der Waals surface area contributed by atoms with E-state index in [1.807, 2.05) is 71.8 Å². The molecule has 3 N–H and O–H groups in total. The number of likely N-dealkylation sites (N-methyl/N-ethyl adjacent to an activating group) is 1. The molecule has 4 fully saturated rings. The van der Waals surface area contributed by atoms with Gasteiger partial charge in [0, 0.05) is 31.1 Å². The van der Waals surface area contributed by atoms with Gasteiger partial charge in [-0.15, -0.1) is 0 Å². The zero-order chi connectivity index (χ0) is 39.2. The van der Waals surface area contributed by atoms with Crippen molar-refractivity contribution in [3.8, 4) is 0 Å². The third-order valence-electron chi connectivity index (χ3n) is 11.8. The molecule has 4 aliphatic rings. The molecule has 2 unspecified atom stereocenters. The Balaban J connectivity index is 1.85. The van der Waals surface area contributed by atoms with Gasteiger partial charge in [-0.3, -0.25) is 9.69 Å². The van der Waals surface area contributed by atoms with Crippen LogP contribution in [-0.4, -0.2) is 138 Å². The number of fused-ring (bicyclic) bond motifs is 15. The van der Waals surface area contributed by atoms with E-state index >= 15 is 0 Å². The quantitative estimate of drug-likeness (QED) is 0.266. The first-order valence-electron chi connectivity index (χ1n) is 19.5. The number of aliphatic hydroxyl groups excluding tert-OH is 2. The smallest absolute Gasteiger partial charge is 0.311 e. The van der Waals surface area contributed by atoms with Gasteiger partial charge in [0.1, 0.15) is 23.9 Å². The number of rotatable bonds is 7. The average Bonchev–Trinajstić information content (AvgIpc) is 3.11. The van der Waals surface area contributed by atoms with E-state index in [-0.39, 0.29) is 37.3 Å². The molecule has 2 bridgehead atoms. The van der Waals surface area contributed by atoms with E-state index < -0.39 is 65.8 Å². The molecule has 0 aromatic heterocycles. The molecule has 14 atom stereocenters. The number of hydrogen-bond acceptors (Lipinski definition) is 11. The van der Waals surface area contributed by atoms with Crippen molar-refractivity contribution < 1.29 is 43.8 Å². The number of aliphatic hydroxyl groups is 3. The minimum absolute atomic E-state index is 0.00867. The molecule has 11 nitrogen and oxygen atoms in total. The number of esters is 1. The monoisotopic (exact) mass is 744 g/mol. The lowest BCUT2D eigenvalue weighted by Crippen LogP contribution is -2.61. The van der Waals surface area contributed by atoms with Gasteiger partial charge in [0.05, 0.1) is 43.0 Å². The lowest BCUT2D eigenvalue weighted by atomic mass is 9.77. The van der Waals surface area contributed by atoms with Crippen LogP contribution in [-0.2, 0) is 28.5 Å². The van der Waals surface area contributed by atoms with Gasteiger partial charge in [0.25, 0.3) is 0 Å². The van der Waals surface area contributed by atoms with Crippen LogP contribution in [0.2, 0.25) is 0 Å². The third-order valence-corrected chi connectivity index (χ3v) is 11.8. The Bertz CT molecular complexity index is 1360. The molecule has 0 radical (unpaired) electrons. The summed E-state index contributed by atoms with van der Waals surface area (Å²) in [6.07, 6.45) is -0.308. The molecule has 1 aromatic rings. The van der Waals surface area contributed by atoms with E-state index in [0.717, 1.165) is 5.56 Å². The summed E-state index contributed by atoms with van der Waals surface area (Å²) in [7, 11) is 3.85. The minimum atomic E-state index is -1.61. The van der Waals surface area contributed by atoms with Crippen molar-refractivity contribution in [2.45, 2.75) is 141 Å². The second-order valence-electron chi connectivity index (χ2n) is 16.7. The summed E-state index contributed by atoms with van der Waals surface area (Å²) < 4.78 is 32.7. The molecule has 53 heavy (non-hydrogen) atoms. The molecule has 0 amide bonds. The van der Waals surface area contributed by atoms with Crippen LogP contribution in [0.3, 0.4) is 0 Å². The standard InChI is InChI=1S/C42H68N2O9/c1-12-34-42(9,48)38-31(7)44(20-16-19-32-17-14-13-15-18-32)23-26(2)22-41(8,50-25-27(3)24-49-38)37(29(5)35(45)30(6)39(47)52-34)53-40-36(46)33(43(10)11)21-28(4)51-40/h13-19,26,28-31,33-38,40,45-46,48H,3,12,20-25H2,1-2,4-11H3/b19-16+/t26-,28-,29+,30?,31-,33+,34-,35?,36-,37-,38+,40+,41-,42-/m1/s1. The first kappa shape index (κ1) is 43.5. The normalized spacial score (nSPS) is 41.7. The summed E-state index contributed by atoms with van der Waals surface area (Å²) in [5, 5.41) is 35.9. The van der Waals surface area contributed by atoms with Crippen LogP contribution in [0, 0.1) is 17.8 Å². The molecule has 5 rings (SSSR count). The number of carbonyl (C=O) groups excluding carboxylic acids is 1. The first-order chi connectivity index (χ1) is 24.9. The van der Waals surface area contributed by atoms with Crippen LogP contribution >= 0.6 is 0 Å². The predicted octanol–water partition coefficient (Wildman–Crippen LogP) is 4.68. The van der Waals surface area contributed by atoms with Gasteiger partial charge in [0.15, 0.2) is 6.29 Å². The zero-order valence-electron chi connectivity index (χ0n) is 33.8. The number of ether oxygens (including phenoxy) is 5. The van der Waals surface area contributed by atoms with E-state index in [4.69, 9.17) is 23.7 Å². The molecule has 300 valence electrons. The number of benzene rings is 1. The Hall–Kier alpha value is -2.19. The lowest BCUT2D eigenvalue weighted by Gasteiger charge is -2.48. The van der Waals surface area contributed by atoms with Gasteiger partial charge in [-0.2, -0.15) is 0 Å². The SMILES string of the molecule is C=C1CO[C@H]2[C@@H](C)N(C/C=C/c3ccccc3)C[C@H](C)C[C@@](C)(OC1)[C@H](O[C@@H]1O[C@H](C)C[C@H](N(C)C)[C@H]1O)[C@@H](C)C(O)C(C)C(=O)O[C@H](CC)[C@@]2(C)O. The highest BCUT2D eigenvalue weighted by molar-refractivity contribution is 5.73. The topological polar surface area (TPSA) is 130 Å². The van der Waals surface area contributed by atoms with Crippen molar-refractivity contribution in [3.05, 3.63) is 54.1 Å². The second kappa shape index (κ2) is 18.6. The lowest BCUT2D eigenvalue weighted by molar-refractivity contribution is -0.303. The molecule has 4 heterocycles. The molecule has 4 saturated heterocycles. The van der Waals surface area contributed by atoms with Gasteiger partial charge >= 0.3 is 5.97 Å². The van der Waals surface area contributed by atoms with E-state index in [1.54, 1.807) is 13.8 Å². The molecule has 11 heteroatoms. The Kier molecular flexibility index (Phi) is 15.3. The molecule has 1 aromatic carbocycles. The van der Waals surface area contributed by atoms with Crippen molar-refractivity contribution in [2.24, 2.45) is 17.8 Å². The molecular formula is C42H68N2O9. The van der Waals surface area contributed by atoms with Crippen molar-refractivity contribution in [2.75, 3.05) is 40.4 Å². The van der Waals surface area contributed by atoms with Gasteiger partial charge in [-0.1, -0.05) is 69.8 Å². The Morgan fingerprint density at radius 3 is 2.38 bits per heavy atom. The Labute approximate surface area is 318 Å². The highest BCUT2D eigenvalue weighted by atomic mass is 16.7. The fourth-order valence-electron chi connectivity index (χ4n) is 8.66. The van der Waals surface area contributed by atoms with Crippen molar-refractivity contribution in [3.63, 3.8) is 0 Å². The summed E-state index contributed by atoms with van der Waals surface area (Å²) in [6, 6.07) is 9.56. The Morgan fingerprint density at radius 2 is 1.74 bits per heavy atom. The molecule has 4 aliphatic heterocycles. The van der Waals surface area contributed by atoms with Crippen LogP contribution in [0.15, 0.2) is 48.6 Å². The first-order valence-corrected chi connectivity index (χ1v) is 19.5. The van der Waals surface area contributed by atoms with Crippen molar-refractivity contribution in [1.29, 1.82) is 0 Å². The second-order valence-corrected chi connectivity index (χ2v) is 16.7. The summed E-state index contributed by atoms with van der Waals surface area (Å²) >= 11 is 0. The fourth-order valence-corrected chi connectivity index (χ4v) is 8.66. The molecule has 0 aliphatic carbocycles. The summed E-state index contributed by atoms with van der Waals surface area (Å²) in [4.78, 5) is 18.2. The third kappa shape index (κ3) is 10.6. The van der Waals surface area contributed by atoms with Crippen LogP contribution in [0.25, 0.3) is 6.08 Å². The highest BCUT2D eigenvalue weighted by Crippen LogP contribution is 2.39. The fraction of sp³-hybridized carbons (Fsp3) is 0.738. The van der Waals surface area contributed by atoms with Crippen molar-refractivity contribution in [1.82, 2.24) is 9.80 Å². The van der Waals surface area contributed by atoms with Crippen molar-refractivity contribution >= 4 is 12.0 Å². The van der Waals surface area contributed by atoms with Crippen LogP contribution in [0.4, 0.5) is 0 Å². The zero-order valence-corrected chi connectivity index (χ0v) is 33.8. The van der Waals surface area contributed by atoms with E-state index in [2.05, 4.69) is 42.7 Å². The molecular weight excluding hydrogens is 676 g/mol. The maximum atomic E-state index is 13.9. The van der Waals surface area contributed by atoms with E-state index in [9.17, 15) is 20.1 Å².